The largest absolute Gasteiger partial charge is 0.510 e. The van der Waals surface area contributed by atoms with Gasteiger partial charge in [-0.1, -0.05) is 6.92 Å². The number of aliphatic hydroxyl groups excluding tert-OH is 2. The highest BCUT2D eigenvalue weighted by atomic mass is 19.1. The van der Waals surface area contributed by atoms with Crippen LogP contribution < -0.4 is 5.32 Å². The number of aromatic hydroxyl groups is 1. The molecule has 1 aromatic carbocycles. The molecule has 0 spiro atoms. The molecule has 1 aliphatic heterocycles. The van der Waals surface area contributed by atoms with Crippen LogP contribution in [-0.4, -0.2) is 74.5 Å². The minimum atomic E-state index is -2.64. The third-order valence-electron chi connectivity index (χ3n) is 8.64. The maximum atomic E-state index is 15.8. The summed E-state index contributed by atoms with van der Waals surface area (Å²) in [7, 11) is 1.64. The quantitative estimate of drug-likeness (QED) is 0.381. The zero-order valence-electron chi connectivity index (χ0n) is 21.0. The second-order valence-corrected chi connectivity index (χ2v) is 10.6. The molecule has 10 heteroatoms. The van der Waals surface area contributed by atoms with Gasteiger partial charge < -0.3 is 25.7 Å². The van der Waals surface area contributed by atoms with E-state index in [1.807, 2.05) is 0 Å². The van der Waals surface area contributed by atoms with E-state index in [0.29, 0.717) is 19.5 Å². The van der Waals surface area contributed by atoms with Crippen LogP contribution in [0.4, 0.5) is 4.39 Å². The van der Waals surface area contributed by atoms with Crippen LogP contribution in [0.25, 0.3) is 0 Å². The van der Waals surface area contributed by atoms with Crippen molar-refractivity contribution >= 4 is 17.3 Å². The molecule has 3 aliphatic carbocycles. The Hall–Kier alpha value is -3.08. The topological polar surface area (TPSA) is 147 Å². The summed E-state index contributed by atoms with van der Waals surface area (Å²) in [4.78, 5) is 41.0. The normalized spacial score (nSPS) is 31.5. The number of aliphatic hydroxyl groups is 3. The Morgan fingerprint density at radius 2 is 1.97 bits per heavy atom. The summed E-state index contributed by atoms with van der Waals surface area (Å²) in [6.07, 6.45) is 1.45. The van der Waals surface area contributed by atoms with Gasteiger partial charge in [-0.15, -0.1) is 0 Å². The summed E-state index contributed by atoms with van der Waals surface area (Å²) in [5, 5.41) is 48.0. The number of nitrogens with one attached hydrogen (secondary N) is 1. The molecular formula is C27H31FN2O7. The van der Waals surface area contributed by atoms with Crippen molar-refractivity contribution in [1.82, 2.24) is 10.2 Å². The van der Waals surface area contributed by atoms with Crippen LogP contribution >= 0.6 is 0 Å². The number of benzene rings is 1. The molecule has 1 unspecified atom stereocenters. The lowest BCUT2D eigenvalue weighted by atomic mass is 9.58. The van der Waals surface area contributed by atoms with Gasteiger partial charge in [-0.25, -0.2) is 4.39 Å². The summed E-state index contributed by atoms with van der Waals surface area (Å²) in [5.41, 5.74) is -3.53. The molecule has 0 aromatic heterocycles. The summed E-state index contributed by atoms with van der Waals surface area (Å²) < 4.78 is 15.8. The van der Waals surface area contributed by atoms with Gasteiger partial charge in [0.25, 0.3) is 0 Å². The van der Waals surface area contributed by atoms with Crippen molar-refractivity contribution in [3.63, 3.8) is 0 Å². The predicted molar refractivity (Wildman–Crippen MR) is 130 cm³/mol. The maximum Gasteiger partial charge on any atom is 0.209 e. The minimum Gasteiger partial charge on any atom is -0.510 e. The molecular weight excluding hydrogens is 483 g/mol. The zero-order chi connectivity index (χ0) is 27.0. The Bertz CT molecular complexity index is 1300. The maximum absolute atomic E-state index is 15.8. The van der Waals surface area contributed by atoms with E-state index in [4.69, 9.17) is 0 Å². The second-order valence-electron chi connectivity index (χ2n) is 10.6. The van der Waals surface area contributed by atoms with Gasteiger partial charge >= 0.3 is 0 Å². The van der Waals surface area contributed by atoms with E-state index in [1.54, 1.807) is 18.9 Å². The van der Waals surface area contributed by atoms with Gasteiger partial charge in [-0.05, 0) is 64.7 Å². The first-order chi connectivity index (χ1) is 17.4. The molecule has 0 radical (unpaired) electrons. The first-order valence-electron chi connectivity index (χ1n) is 12.6. The van der Waals surface area contributed by atoms with Gasteiger partial charge in [-0.2, -0.15) is 0 Å². The van der Waals surface area contributed by atoms with Crippen LogP contribution in [0.1, 0.15) is 60.6 Å². The molecule has 1 fully saturated rings. The third kappa shape index (κ3) is 3.42. The van der Waals surface area contributed by atoms with Crippen molar-refractivity contribution < 1.29 is 39.2 Å². The van der Waals surface area contributed by atoms with Crippen molar-refractivity contribution in [2.24, 2.45) is 11.8 Å². The van der Waals surface area contributed by atoms with Crippen molar-refractivity contribution in [2.75, 3.05) is 20.1 Å². The molecule has 4 aliphatic rings. The van der Waals surface area contributed by atoms with Crippen LogP contribution in [0, 0.1) is 17.7 Å². The smallest absolute Gasteiger partial charge is 0.209 e. The zero-order valence-corrected chi connectivity index (χ0v) is 21.0. The average Bonchev–Trinajstić information content (AvgIpc) is 3.37. The molecule has 9 nitrogen and oxygen atoms in total. The number of likely N-dealkylation sites (N-methyl/N-ethyl adjacent to an activating group) is 1. The lowest BCUT2D eigenvalue weighted by Crippen LogP contribution is -2.63. The second kappa shape index (κ2) is 8.75. The highest BCUT2D eigenvalue weighted by Crippen LogP contribution is 2.53. The number of ketones is 3. The fourth-order valence-corrected chi connectivity index (χ4v) is 6.73. The van der Waals surface area contributed by atoms with E-state index in [2.05, 4.69) is 5.32 Å². The molecule has 5 N–H and O–H groups in total. The number of halogens is 1. The number of phenolic OH excluding ortho intramolecular Hbond substituents is 1. The first kappa shape index (κ1) is 25.6. The third-order valence-corrected chi connectivity index (χ3v) is 8.64. The van der Waals surface area contributed by atoms with Gasteiger partial charge in [0.1, 0.15) is 28.7 Å². The van der Waals surface area contributed by atoms with Gasteiger partial charge in [0.2, 0.25) is 5.78 Å². The summed E-state index contributed by atoms with van der Waals surface area (Å²) in [6, 6.07) is -0.0715. The van der Waals surface area contributed by atoms with E-state index in [-0.39, 0.29) is 41.1 Å². The van der Waals surface area contributed by atoms with Crippen LogP contribution in [0.3, 0.4) is 0 Å². The molecule has 198 valence electrons. The number of allylic oxidation sites excluding steroid dienone is 1. The van der Waals surface area contributed by atoms with Crippen LogP contribution in [-0.2, 0) is 16.0 Å². The van der Waals surface area contributed by atoms with E-state index < -0.39 is 69.5 Å². The Morgan fingerprint density at radius 3 is 2.57 bits per heavy atom. The Balaban J connectivity index is 1.69. The summed E-state index contributed by atoms with van der Waals surface area (Å²) in [5.74, 6) is -7.13. The summed E-state index contributed by atoms with van der Waals surface area (Å²) in [6.45, 7) is 3.96. The number of hydrogen-bond acceptors (Lipinski definition) is 9. The number of Topliss-reactive ketones (excluding diaryl/α,β-unsaturated/α-hetero) is 3. The van der Waals surface area contributed by atoms with Gasteiger partial charge in [0, 0.05) is 28.7 Å². The van der Waals surface area contributed by atoms with Gasteiger partial charge in [0.15, 0.2) is 17.2 Å². The number of hydrogen-bond donors (Lipinski definition) is 5. The Labute approximate surface area is 213 Å². The minimum absolute atomic E-state index is 0.0346. The SMILES string of the molecule is CCN(C)[C@@H]1C(O)=C(C(C)=O)C(=O)[C@@]2(O)C(O)=C3C(=O)c4c(O)cc(C5CCCN5)c(F)c4C[C@H]3C[C@@H]12. The lowest BCUT2D eigenvalue weighted by Gasteiger charge is -2.50. The van der Waals surface area contributed by atoms with Crippen molar-refractivity contribution in [3.05, 3.63) is 51.2 Å². The van der Waals surface area contributed by atoms with Crippen molar-refractivity contribution in [1.29, 1.82) is 0 Å². The van der Waals surface area contributed by atoms with Crippen LogP contribution in [0.5, 0.6) is 5.75 Å². The van der Waals surface area contributed by atoms with Crippen molar-refractivity contribution in [3.8, 4) is 5.75 Å². The highest BCUT2D eigenvalue weighted by Gasteiger charge is 2.63. The molecule has 5 atom stereocenters. The molecule has 1 saturated heterocycles. The molecule has 5 rings (SSSR count). The number of rotatable bonds is 4. The molecule has 1 heterocycles. The fourth-order valence-electron chi connectivity index (χ4n) is 6.73. The van der Waals surface area contributed by atoms with E-state index in [1.165, 1.54) is 6.07 Å². The number of phenols is 1. The Kier molecular flexibility index (Phi) is 6.04. The molecule has 0 amide bonds. The fraction of sp³-hybridized carbons (Fsp3) is 0.519. The van der Waals surface area contributed by atoms with E-state index in [9.17, 15) is 34.8 Å². The number of fused-ring (bicyclic) bond motifs is 3. The van der Waals surface area contributed by atoms with Crippen LogP contribution in [0.2, 0.25) is 0 Å². The standard InChI is InChI=1S/C27H31FN2O7/c1-4-30(3)22-15-9-12-8-14-20(17(32)10-13(21(14)28)16-6-5-7-29-16)23(33)19(12)26(36)27(15,37)25(35)18(11(2)31)24(22)34/h10,12,15-16,22,29,32,34,36-37H,4-9H2,1-3H3/t12-,15-,16?,22-,27+/m0/s1. The lowest BCUT2D eigenvalue weighted by molar-refractivity contribution is -0.148. The highest BCUT2D eigenvalue weighted by molar-refractivity contribution is 6.25. The number of carbonyl (C=O) groups excluding carboxylic acids is 3. The average molecular weight is 515 g/mol. The molecule has 0 bridgehead atoms. The van der Waals surface area contributed by atoms with Crippen molar-refractivity contribution in [2.45, 2.75) is 57.2 Å². The molecule has 1 aromatic rings. The summed E-state index contributed by atoms with van der Waals surface area (Å²) >= 11 is 0. The first-order valence-corrected chi connectivity index (χ1v) is 12.6. The number of carbonyl (C=O) groups is 3. The van der Waals surface area contributed by atoms with E-state index >= 15 is 4.39 Å². The molecule has 37 heavy (non-hydrogen) atoms. The predicted octanol–water partition coefficient (Wildman–Crippen LogP) is 2.18. The van der Waals surface area contributed by atoms with Gasteiger partial charge in [-0.3, -0.25) is 19.3 Å². The number of nitrogens with zero attached hydrogens (tertiary/aromatic N) is 1. The molecule has 0 saturated carbocycles. The van der Waals surface area contributed by atoms with E-state index in [0.717, 1.165) is 13.3 Å². The van der Waals surface area contributed by atoms with Gasteiger partial charge in [0.05, 0.1) is 11.6 Å². The Morgan fingerprint density at radius 1 is 1.27 bits per heavy atom. The monoisotopic (exact) mass is 514 g/mol. The van der Waals surface area contributed by atoms with Crippen LogP contribution in [0.15, 0.2) is 28.7 Å².